The highest BCUT2D eigenvalue weighted by atomic mass is 79.9. The van der Waals surface area contributed by atoms with Crippen molar-refractivity contribution in [1.82, 2.24) is 4.90 Å². The highest BCUT2D eigenvalue weighted by molar-refractivity contribution is 9.10. The summed E-state index contributed by atoms with van der Waals surface area (Å²) in [6.45, 7) is 3.98. The molecule has 3 nitrogen and oxygen atoms in total. The van der Waals surface area contributed by atoms with Gasteiger partial charge >= 0.3 is 5.97 Å². The van der Waals surface area contributed by atoms with Crippen LogP contribution in [0.3, 0.4) is 0 Å². The summed E-state index contributed by atoms with van der Waals surface area (Å²) in [5.74, 6) is -1.23. The smallest absolute Gasteiger partial charge is 0.317 e. The van der Waals surface area contributed by atoms with Crippen LogP contribution in [-0.2, 0) is 11.3 Å². The van der Waals surface area contributed by atoms with Gasteiger partial charge in [-0.1, -0.05) is 22.0 Å². The average Bonchev–Trinajstić information content (AvgIpc) is 2.19. The fraction of sp³-hybridized carbons (Fsp3) is 0.417. The summed E-state index contributed by atoms with van der Waals surface area (Å²) in [5.41, 5.74) is 0.503. The van der Waals surface area contributed by atoms with Crippen LogP contribution < -0.4 is 0 Å². The third-order valence-electron chi connectivity index (χ3n) is 2.46. The van der Waals surface area contributed by atoms with E-state index in [2.05, 4.69) is 15.9 Å². The molecule has 0 bridgehead atoms. The monoisotopic (exact) mass is 303 g/mol. The molecule has 1 aromatic carbocycles. The highest BCUT2D eigenvalue weighted by Crippen LogP contribution is 2.17. The predicted octanol–water partition coefficient (Wildman–Crippen LogP) is 2.88. The molecular weight excluding hydrogens is 289 g/mol. The summed E-state index contributed by atoms with van der Waals surface area (Å²) in [7, 11) is 0. The number of rotatable bonds is 5. The molecule has 0 spiro atoms. The molecule has 0 fully saturated rings. The van der Waals surface area contributed by atoms with E-state index in [1.54, 1.807) is 17.0 Å². The molecule has 1 aromatic rings. The summed E-state index contributed by atoms with van der Waals surface area (Å²) in [5, 5.41) is 8.78. The number of aliphatic carboxylic acids is 1. The zero-order valence-corrected chi connectivity index (χ0v) is 11.4. The van der Waals surface area contributed by atoms with E-state index in [1.807, 2.05) is 13.8 Å². The molecule has 5 heteroatoms. The van der Waals surface area contributed by atoms with Gasteiger partial charge in [-0.2, -0.15) is 0 Å². The first-order valence-corrected chi connectivity index (χ1v) is 6.09. The number of nitrogens with zero attached hydrogens (tertiary/aromatic N) is 1. The van der Waals surface area contributed by atoms with Crippen LogP contribution in [0, 0.1) is 5.82 Å². The highest BCUT2D eigenvalue weighted by Gasteiger charge is 2.15. The van der Waals surface area contributed by atoms with Gasteiger partial charge in [0.05, 0.1) is 6.54 Å². The van der Waals surface area contributed by atoms with Crippen molar-refractivity contribution in [3.05, 3.63) is 34.1 Å². The van der Waals surface area contributed by atoms with Gasteiger partial charge in [0.15, 0.2) is 0 Å². The second kappa shape index (κ2) is 6.12. The van der Waals surface area contributed by atoms with Crippen molar-refractivity contribution < 1.29 is 14.3 Å². The first-order chi connectivity index (χ1) is 7.90. The van der Waals surface area contributed by atoms with Crippen LogP contribution in [0.1, 0.15) is 19.4 Å². The molecule has 0 heterocycles. The van der Waals surface area contributed by atoms with Gasteiger partial charge in [-0.15, -0.1) is 0 Å². The molecule has 0 saturated heterocycles. The van der Waals surface area contributed by atoms with E-state index < -0.39 is 5.97 Å². The molecule has 0 aliphatic rings. The zero-order chi connectivity index (χ0) is 13.0. The van der Waals surface area contributed by atoms with Crippen LogP contribution in [-0.4, -0.2) is 28.6 Å². The van der Waals surface area contributed by atoms with E-state index in [9.17, 15) is 9.18 Å². The Hall–Kier alpha value is -0.940. The van der Waals surface area contributed by atoms with Gasteiger partial charge in [0.25, 0.3) is 0 Å². The second-order valence-corrected chi connectivity index (χ2v) is 5.04. The first kappa shape index (κ1) is 14.1. The molecule has 0 aliphatic heterocycles. The number of carboxylic acids is 1. The summed E-state index contributed by atoms with van der Waals surface area (Å²) in [6, 6.07) is 4.84. The summed E-state index contributed by atoms with van der Waals surface area (Å²) < 4.78 is 14.3. The van der Waals surface area contributed by atoms with E-state index in [1.165, 1.54) is 6.07 Å². The van der Waals surface area contributed by atoms with Gasteiger partial charge in [0.1, 0.15) is 5.82 Å². The minimum Gasteiger partial charge on any atom is -0.480 e. The fourth-order valence-electron chi connectivity index (χ4n) is 1.46. The minimum absolute atomic E-state index is 0.0501. The van der Waals surface area contributed by atoms with Gasteiger partial charge in [0, 0.05) is 22.6 Å². The molecule has 17 heavy (non-hydrogen) atoms. The maximum Gasteiger partial charge on any atom is 0.317 e. The van der Waals surface area contributed by atoms with Crippen molar-refractivity contribution in [3.8, 4) is 0 Å². The molecule has 1 N–H and O–H groups in total. The lowest BCUT2D eigenvalue weighted by Crippen LogP contribution is -2.35. The van der Waals surface area contributed by atoms with Crippen LogP contribution in [0.5, 0.6) is 0 Å². The molecule has 0 aromatic heterocycles. The second-order valence-electron chi connectivity index (χ2n) is 4.13. The summed E-state index contributed by atoms with van der Waals surface area (Å²) in [4.78, 5) is 12.4. The Balaban J connectivity index is 2.82. The van der Waals surface area contributed by atoms with Crippen molar-refractivity contribution >= 4 is 21.9 Å². The topological polar surface area (TPSA) is 40.5 Å². The van der Waals surface area contributed by atoms with E-state index >= 15 is 0 Å². The Kier molecular flexibility index (Phi) is 5.08. The number of carboxylic acid groups (broad SMARTS) is 1. The minimum atomic E-state index is -0.906. The summed E-state index contributed by atoms with van der Waals surface area (Å²) >= 11 is 3.18. The van der Waals surface area contributed by atoms with E-state index in [-0.39, 0.29) is 18.4 Å². The maximum absolute atomic E-state index is 13.6. The lowest BCUT2D eigenvalue weighted by atomic mass is 10.1. The average molecular weight is 304 g/mol. The quantitative estimate of drug-likeness (QED) is 0.909. The van der Waals surface area contributed by atoms with Gasteiger partial charge in [-0.25, -0.2) is 4.39 Å². The molecule has 0 unspecified atom stereocenters. The first-order valence-electron chi connectivity index (χ1n) is 5.30. The lowest BCUT2D eigenvalue weighted by molar-refractivity contribution is -0.139. The Bertz CT molecular complexity index is 409. The number of benzene rings is 1. The van der Waals surface area contributed by atoms with Crippen molar-refractivity contribution in [2.24, 2.45) is 0 Å². The SMILES string of the molecule is CC(C)N(CC(=O)O)Cc1ccc(Br)cc1F. The van der Waals surface area contributed by atoms with E-state index in [4.69, 9.17) is 5.11 Å². The van der Waals surface area contributed by atoms with Gasteiger partial charge in [-0.05, 0) is 26.0 Å². The van der Waals surface area contributed by atoms with Gasteiger partial charge in [0.2, 0.25) is 0 Å². The third kappa shape index (κ3) is 4.44. The number of carbonyl (C=O) groups is 1. The van der Waals surface area contributed by atoms with Crippen LogP contribution in [0.15, 0.2) is 22.7 Å². The Labute approximate surface area is 108 Å². The molecule has 0 amide bonds. The summed E-state index contributed by atoms with van der Waals surface area (Å²) in [6.07, 6.45) is 0. The van der Waals surface area contributed by atoms with E-state index in [0.29, 0.717) is 16.6 Å². The largest absolute Gasteiger partial charge is 0.480 e. The Morgan fingerprint density at radius 1 is 1.53 bits per heavy atom. The van der Waals surface area contributed by atoms with Crippen LogP contribution in [0.4, 0.5) is 4.39 Å². The normalized spacial score (nSPS) is 11.2. The Morgan fingerprint density at radius 2 is 2.18 bits per heavy atom. The van der Waals surface area contributed by atoms with E-state index in [0.717, 1.165) is 0 Å². The lowest BCUT2D eigenvalue weighted by Gasteiger charge is -2.24. The molecule has 94 valence electrons. The number of hydrogen-bond donors (Lipinski definition) is 1. The third-order valence-corrected chi connectivity index (χ3v) is 2.95. The molecular formula is C12H15BrFNO2. The van der Waals surface area contributed by atoms with Crippen LogP contribution >= 0.6 is 15.9 Å². The number of halogens is 2. The van der Waals surface area contributed by atoms with Crippen LogP contribution in [0.25, 0.3) is 0 Å². The standard InChI is InChI=1S/C12H15BrFNO2/c1-8(2)15(7-12(16)17)6-9-3-4-10(13)5-11(9)14/h3-5,8H,6-7H2,1-2H3,(H,16,17). The molecule has 1 rings (SSSR count). The van der Waals surface area contributed by atoms with Crippen molar-refractivity contribution in [2.45, 2.75) is 26.4 Å². The molecule has 0 saturated carbocycles. The maximum atomic E-state index is 13.6. The molecule has 0 atom stereocenters. The molecule has 0 aliphatic carbocycles. The zero-order valence-electron chi connectivity index (χ0n) is 9.78. The van der Waals surface area contributed by atoms with Crippen LogP contribution in [0.2, 0.25) is 0 Å². The van der Waals surface area contributed by atoms with Gasteiger partial charge in [-0.3, -0.25) is 9.69 Å². The Morgan fingerprint density at radius 3 is 2.65 bits per heavy atom. The van der Waals surface area contributed by atoms with Crippen molar-refractivity contribution in [3.63, 3.8) is 0 Å². The van der Waals surface area contributed by atoms with Crippen molar-refractivity contribution in [2.75, 3.05) is 6.54 Å². The number of hydrogen-bond acceptors (Lipinski definition) is 2. The van der Waals surface area contributed by atoms with Crippen molar-refractivity contribution in [1.29, 1.82) is 0 Å². The van der Waals surface area contributed by atoms with Gasteiger partial charge < -0.3 is 5.11 Å². The fourth-order valence-corrected chi connectivity index (χ4v) is 1.80. The predicted molar refractivity (Wildman–Crippen MR) is 67.3 cm³/mol. The molecule has 0 radical (unpaired) electrons.